The molecule has 0 aromatic carbocycles. The molecule has 1 heterocycles. The first kappa shape index (κ1) is 12.8. The van der Waals surface area contributed by atoms with Crippen LogP contribution < -0.4 is 5.32 Å². The maximum absolute atomic E-state index is 11.9. The molecule has 0 atom stereocenters. The quantitative estimate of drug-likeness (QED) is 0.770. The molecular weight excluding hydrogens is 206 g/mol. The summed E-state index contributed by atoms with van der Waals surface area (Å²) in [4.78, 5) is 26.5. The minimum atomic E-state index is -0.102. The van der Waals surface area contributed by atoms with Crippen LogP contribution in [0.4, 0.5) is 4.79 Å². The molecule has 0 aromatic rings. The third-order valence-corrected chi connectivity index (χ3v) is 2.71. The van der Waals surface area contributed by atoms with E-state index in [9.17, 15) is 9.59 Å². The van der Waals surface area contributed by atoms with Crippen molar-refractivity contribution in [1.82, 2.24) is 15.1 Å². The Hall–Kier alpha value is -1.26. The SMILES string of the molecule is CCNC(=O)CN(C)C(=O)N1CCCCC1. The molecule has 0 bridgehead atoms. The molecule has 0 aromatic heterocycles. The first-order valence-corrected chi connectivity index (χ1v) is 5.92. The molecule has 5 heteroatoms. The Morgan fingerprint density at radius 1 is 1.25 bits per heavy atom. The van der Waals surface area contributed by atoms with Crippen LogP contribution in [0.3, 0.4) is 0 Å². The molecule has 5 nitrogen and oxygen atoms in total. The van der Waals surface area contributed by atoms with Gasteiger partial charge in [0.1, 0.15) is 6.54 Å². The van der Waals surface area contributed by atoms with Crippen LogP contribution in [-0.2, 0) is 4.79 Å². The second-order valence-corrected chi connectivity index (χ2v) is 4.14. The van der Waals surface area contributed by atoms with Crippen molar-refractivity contribution >= 4 is 11.9 Å². The van der Waals surface area contributed by atoms with Gasteiger partial charge in [-0.2, -0.15) is 0 Å². The number of piperidine rings is 1. The van der Waals surface area contributed by atoms with Crippen LogP contribution in [-0.4, -0.2) is 55.0 Å². The number of rotatable bonds is 3. The zero-order chi connectivity index (χ0) is 12.0. The van der Waals surface area contributed by atoms with E-state index in [1.807, 2.05) is 11.8 Å². The highest BCUT2D eigenvalue weighted by molar-refractivity contribution is 5.83. The van der Waals surface area contributed by atoms with Gasteiger partial charge in [-0.15, -0.1) is 0 Å². The molecule has 0 aliphatic carbocycles. The highest BCUT2D eigenvalue weighted by atomic mass is 16.2. The molecule has 1 aliphatic heterocycles. The van der Waals surface area contributed by atoms with Crippen LogP contribution in [0.1, 0.15) is 26.2 Å². The number of hydrogen-bond donors (Lipinski definition) is 1. The molecule has 1 aliphatic rings. The Bertz CT molecular complexity index is 250. The average Bonchev–Trinajstić information content (AvgIpc) is 2.29. The summed E-state index contributed by atoms with van der Waals surface area (Å²) in [6, 6.07) is -0.0362. The number of hydrogen-bond acceptors (Lipinski definition) is 2. The topological polar surface area (TPSA) is 52.7 Å². The Balaban J connectivity index is 2.37. The van der Waals surface area contributed by atoms with E-state index < -0.39 is 0 Å². The van der Waals surface area contributed by atoms with Gasteiger partial charge < -0.3 is 15.1 Å². The lowest BCUT2D eigenvalue weighted by Crippen LogP contribution is -2.47. The van der Waals surface area contributed by atoms with Crippen LogP contribution in [0.15, 0.2) is 0 Å². The van der Waals surface area contributed by atoms with E-state index in [4.69, 9.17) is 0 Å². The molecule has 92 valence electrons. The van der Waals surface area contributed by atoms with E-state index in [2.05, 4.69) is 5.32 Å². The lowest BCUT2D eigenvalue weighted by atomic mass is 10.1. The van der Waals surface area contributed by atoms with Crippen LogP contribution >= 0.6 is 0 Å². The summed E-state index contributed by atoms with van der Waals surface area (Å²) in [5.74, 6) is -0.102. The number of carbonyl (C=O) groups is 2. The molecule has 0 saturated carbocycles. The highest BCUT2D eigenvalue weighted by Gasteiger charge is 2.21. The molecule has 1 N–H and O–H groups in total. The van der Waals surface area contributed by atoms with Gasteiger partial charge in [0.25, 0.3) is 0 Å². The number of likely N-dealkylation sites (N-methyl/N-ethyl adjacent to an activating group) is 2. The summed E-state index contributed by atoms with van der Waals surface area (Å²) in [6.45, 7) is 4.25. The van der Waals surface area contributed by atoms with Gasteiger partial charge in [0.2, 0.25) is 5.91 Å². The van der Waals surface area contributed by atoms with E-state index in [0.717, 1.165) is 25.9 Å². The number of likely N-dealkylation sites (tertiary alicyclic amines) is 1. The third-order valence-electron chi connectivity index (χ3n) is 2.71. The summed E-state index contributed by atoms with van der Waals surface area (Å²) in [5.41, 5.74) is 0. The summed E-state index contributed by atoms with van der Waals surface area (Å²) in [6.07, 6.45) is 3.34. The first-order valence-electron chi connectivity index (χ1n) is 5.92. The smallest absolute Gasteiger partial charge is 0.320 e. The van der Waals surface area contributed by atoms with Crippen molar-refractivity contribution in [2.45, 2.75) is 26.2 Å². The number of urea groups is 1. The lowest BCUT2D eigenvalue weighted by molar-refractivity contribution is -0.121. The number of carbonyl (C=O) groups excluding carboxylic acids is 2. The molecular formula is C11H21N3O2. The second-order valence-electron chi connectivity index (χ2n) is 4.14. The largest absolute Gasteiger partial charge is 0.355 e. The van der Waals surface area contributed by atoms with E-state index in [1.54, 1.807) is 7.05 Å². The summed E-state index contributed by atoms with van der Waals surface area (Å²) in [7, 11) is 1.67. The molecule has 3 amide bonds. The molecule has 0 unspecified atom stereocenters. The number of amides is 3. The van der Waals surface area contributed by atoms with Gasteiger partial charge in [-0.25, -0.2) is 4.79 Å². The van der Waals surface area contributed by atoms with Gasteiger partial charge in [-0.05, 0) is 26.2 Å². The minimum Gasteiger partial charge on any atom is -0.355 e. The second kappa shape index (κ2) is 6.35. The van der Waals surface area contributed by atoms with Crippen LogP contribution in [0.5, 0.6) is 0 Å². The van der Waals surface area contributed by atoms with Crippen molar-refractivity contribution in [3.63, 3.8) is 0 Å². The van der Waals surface area contributed by atoms with Gasteiger partial charge in [0.05, 0.1) is 0 Å². The van der Waals surface area contributed by atoms with E-state index in [0.29, 0.717) is 6.54 Å². The monoisotopic (exact) mass is 227 g/mol. The van der Waals surface area contributed by atoms with Crippen molar-refractivity contribution in [2.24, 2.45) is 0 Å². The first-order chi connectivity index (χ1) is 7.65. The van der Waals surface area contributed by atoms with Crippen molar-refractivity contribution in [3.05, 3.63) is 0 Å². The highest BCUT2D eigenvalue weighted by Crippen LogP contribution is 2.10. The molecule has 1 saturated heterocycles. The van der Waals surface area contributed by atoms with Gasteiger partial charge in [-0.1, -0.05) is 0 Å². The predicted molar refractivity (Wildman–Crippen MR) is 62.1 cm³/mol. The predicted octanol–water partition coefficient (Wildman–Crippen LogP) is 0.660. The van der Waals surface area contributed by atoms with Gasteiger partial charge in [0.15, 0.2) is 0 Å². The number of nitrogens with zero attached hydrogens (tertiary/aromatic N) is 2. The van der Waals surface area contributed by atoms with Crippen molar-refractivity contribution < 1.29 is 9.59 Å². The maximum atomic E-state index is 11.9. The minimum absolute atomic E-state index is 0.0362. The van der Waals surface area contributed by atoms with Crippen LogP contribution in [0, 0.1) is 0 Å². The maximum Gasteiger partial charge on any atom is 0.320 e. The summed E-state index contributed by atoms with van der Waals surface area (Å²) < 4.78 is 0. The van der Waals surface area contributed by atoms with Crippen molar-refractivity contribution in [3.8, 4) is 0 Å². The standard InChI is InChI=1S/C11H21N3O2/c1-3-12-10(15)9-13(2)11(16)14-7-5-4-6-8-14/h3-9H2,1-2H3,(H,12,15). The zero-order valence-electron chi connectivity index (χ0n) is 10.2. The van der Waals surface area contributed by atoms with Gasteiger partial charge >= 0.3 is 6.03 Å². The molecule has 1 rings (SSSR count). The summed E-state index contributed by atoms with van der Waals surface area (Å²) in [5, 5.41) is 2.68. The fraction of sp³-hybridized carbons (Fsp3) is 0.818. The van der Waals surface area contributed by atoms with Gasteiger partial charge in [0, 0.05) is 26.7 Å². The Kier molecular flexibility index (Phi) is 5.08. The fourth-order valence-corrected chi connectivity index (χ4v) is 1.86. The van der Waals surface area contributed by atoms with Crippen LogP contribution in [0.2, 0.25) is 0 Å². The normalized spacial score (nSPS) is 15.8. The van der Waals surface area contributed by atoms with E-state index >= 15 is 0 Å². The Labute approximate surface area is 96.8 Å². The summed E-state index contributed by atoms with van der Waals surface area (Å²) >= 11 is 0. The number of nitrogens with one attached hydrogen (secondary N) is 1. The Morgan fingerprint density at radius 2 is 1.88 bits per heavy atom. The zero-order valence-corrected chi connectivity index (χ0v) is 10.2. The molecule has 0 radical (unpaired) electrons. The van der Waals surface area contributed by atoms with E-state index in [1.165, 1.54) is 11.3 Å². The third kappa shape index (κ3) is 3.72. The van der Waals surface area contributed by atoms with Crippen molar-refractivity contribution in [2.75, 3.05) is 33.2 Å². The van der Waals surface area contributed by atoms with Crippen molar-refractivity contribution in [1.29, 1.82) is 0 Å². The van der Waals surface area contributed by atoms with Gasteiger partial charge in [-0.3, -0.25) is 4.79 Å². The Morgan fingerprint density at radius 3 is 2.44 bits per heavy atom. The lowest BCUT2D eigenvalue weighted by Gasteiger charge is -2.30. The van der Waals surface area contributed by atoms with E-state index in [-0.39, 0.29) is 18.5 Å². The average molecular weight is 227 g/mol. The molecule has 0 spiro atoms. The molecule has 1 fully saturated rings. The molecule has 16 heavy (non-hydrogen) atoms. The fourth-order valence-electron chi connectivity index (χ4n) is 1.86. The van der Waals surface area contributed by atoms with Crippen LogP contribution in [0.25, 0.3) is 0 Å².